The van der Waals surface area contributed by atoms with Crippen LogP contribution < -0.4 is 15.4 Å². The minimum absolute atomic E-state index is 0.00187. The van der Waals surface area contributed by atoms with Gasteiger partial charge in [0.15, 0.2) is 11.4 Å². The number of hydrogen-bond donors (Lipinski definition) is 2. The number of aryl methyl sites for hydroxylation is 1. The highest BCUT2D eigenvalue weighted by Crippen LogP contribution is 2.23. The van der Waals surface area contributed by atoms with Crippen LogP contribution in [0.2, 0.25) is 0 Å². The molecule has 1 saturated heterocycles. The zero-order valence-corrected chi connectivity index (χ0v) is 22.7. The maximum absolute atomic E-state index is 13.0. The Labute approximate surface area is 230 Å². The third-order valence-corrected chi connectivity index (χ3v) is 7.44. The number of rotatable bonds is 5. The molecule has 3 N–H and O–H groups in total. The van der Waals surface area contributed by atoms with E-state index in [9.17, 15) is 18.0 Å². The van der Waals surface area contributed by atoms with Crippen LogP contribution in [0.4, 0.5) is 11.6 Å². The summed E-state index contributed by atoms with van der Waals surface area (Å²) in [6.45, 7) is 5.22. The summed E-state index contributed by atoms with van der Waals surface area (Å²) in [6, 6.07) is 6.33. The fraction of sp³-hybridized carbons (Fsp3) is 0.259. The zero-order chi connectivity index (χ0) is 28.4. The molecule has 0 radical (unpaired) electrons. The summed E-state index contributed by atoms with van der Waals surface area (Å²) < 4.78 is 25.9. The number of nitrogens with one attached hydrogen (secondary N) is 1. The molecule has 0 unspecified atom stereocenters. The molecule has 0 atom stereocenters. The van der Waals surface area contributed by atoms with Crippen LogP contribution in [-0.4, -0.2) is 57.8 Å². The van der Waals surface area contributed by atoms with E-state index in [2.05, 4.69) is 42.2 Å². The molecule has 0 bridgehead atoms. The van der Waals surface area contributed by atoms with Crippen molar-refractivity contribution in [1.29, 1.82) is 0 Å². The smallest absolute Gasteiger partial charge is 0.258 e. The Morgan fingerprint density at radius 2 is 1.77 bits per heavy atom. The summed E-state index contributed by atoms with van der Waals surface area (Å²) in [5.74, 6) is 6.02. The predicted octanol–water partition coefficient (Wildman–Crippen LogP) is 2.32. The highest BCUT2D eigenvalue weighted by Gasteiger charge is 2.19. The molecule has 12 nitrogen and oxygen atoms in total. The third kappa shape index (κ3) is 5.68. The number of nitrogens with two attached hydrogens (primary N) is 1. The quantitative estimate of drug-likeness (QED) is 0.276. The number of Topliss-reactive ketones (excluding diaryl/α,β-unsaturated/α-hetero) is 1. The summed E-state index contributed by atoms with van der Waals surface area (Å²) in [4.78, 5) is 35.2. The van der Waals surface area contributed by atoms with Gasteiger partial charge in [0.2, 0.25) is 15.8 Å². The largest absolute Gasteiger partial charge is 0.356 e. The normalized spacial score (nSPS) is 13.5. The number of anilines is 2. The Balaban J connectivity index is 1.44. The second-order valence-corrected chi connectivity index (χ2v) is 11.0. The van der Waals surface area contributed by atoms with Crippen molar-refractivity contribution in [1.82, 2.24) is 24.6 Å². The Bertz CT molecular complexity index is 1820. The highest BCUT2D eigenvalue weighted by molar-refractivity contribution is 7.89. The van der Waals surface area contributed by atoms with Gasteiger partial charge in [0.05, 0.1) is 17.3 Å². The number of hydrogen-bond acceptors (Lipinski definition) is 9. The van der Waals surface area contributed by atoms with Gasteiger partial charge in [0.25, 0.3) is 5.91 Å². The van der Waals surface area contributed by atoms with E-state index in [-0.39, 0.29) is 27.9 Å². The van der Waals surface area contributed by atoms with Crippen LogP contribution in [0, 0.1) is 18.8 Å². The number of pyridine rings is 3. The van der Waals surface area contributed by atoms with Gasteiger partial charge in [-0.15, -0.1) is 10.2 Å². The lowest BCUT2D eigenvalue weighted by molar-refractivity contribution is 0.101. The number of carbonyl (C=O) groups excluding carboxylic acids is 2. The predicted molar refractivity (Wildman–Crippen MR) is 148 cm³/mol. The SMILES string of the molecule is CC(=O)c1ccc2nnc(C#Cc3cc(NC(=O)c4cnc(N5CCCCC5)c(C)c4)ncc3S(N)(=O)=O)n2c1. The molecule has 13 heteroatoms. The number of piperidine rings is 1. The molecule has 204 valence electrons. The molecule has 5 heterocycles. The van der Waals surface area contributed by atoms with Gasteiger partial charge in [0.1, 0.15) is 16.5 Å². The average Bonchev–Trinajstić information content (AvgIpc) is 3.34. The number of fused-ring (bicyclic) bond motifs is 1. The lowest BCUT2D eigenvalue weighted by atomic mass is 10.1. The third-order valence-electron chi connectivity index (χ3n) is 6.50. The van der Waals surface area contributed by atoms with Gasteiger partial charge >= 0.3 is 0 Å². The van der Waals surface area contributed by atoms with Crippen LogP contribution >= 0.6 is 0 Å². The molecular weight excluding hydrogens is 532 g/mol. The van der Waals surface area contributed by atoms with Crippen molar-refractivity contribution in [2.45, 2.75) is 38.0 Å². The lowest BCUT2D eigenvalue weighted by Gasteiger charge is -2.29. The summed E-state index contributed by atoms with van der Waals surface area (Å²) in [5, 5.41) is 16.1. The van der Waals surface area contributed by atoms with Crippen LogP contribution in [-0.2, 0) is 10.0 Å². The molecule has 0 aliphatic carbocycles. The first-order valence-corrected chi connectivity index (χ1v) is 14.1. The van der Waals surface area contributed by atoms with Gasteiger partial charge < -0.3 is 10.2 Å². The molecule has 0 aromatic carbocycles. The molecule has 1 amide bonds. The van der Waals surface area contributed by atoms with E-state index in [1.165, 1.54) is 30.0 Å². The van der Waals surface area contributed by atoms with Gasteiger partial charge in [0, 0.05) is 31.0 Å². The monoisotopic (exact) mass is 558 g/mol. The van der Waals surface area contributed by atoms with Crippen molar-refractivity contribution in [3.05, 3.63) is 70.9 Å². The van der Waals surface area contributed by atoms with E-state index in [0.29, 0.717) is 16.8 Å². The summed E-state index contributed by atoms with van der Waals surface area (Å²) in [5.41, 5.74) is 2.11. The molecular formula is C27H26N8O4S. The minimum atomic E-state index is -4.18. The van der Waals surface area contributed by atoms with E-state index in [1.54, 1.807) is 24.4 Å². The second kappa shape index (κ2) is 10.8. The van der Waals surface area contributed by atoms with Crippen LogP contribution in [0.1, 0.15) is 63.9 Å². The minimum Gasteiger partial charge on any atom is -0.356 e. The maximum atomic E-state index is 13.0. The lowest BCUT2D eigenvalue weighted by Crippen LogP contribution is -2.31. The zero-order valence-electron chi connectivity index (χ0n) is 21.9. The fourth-order valence-corrected chi connectivity index (χ4v) is 5.08. The first-order chi connectivity index (χ1) is 19.1. The van der Waals surface area contributed by atoms with Crippen LogP contribution in [0.15, 0.2) is 47.8 Å². The van der Waals surface area contributed by atoms with Crippen LogP contribution in [0.25, 0.3) is 5.65 Å². The number of sulfonamides is 1. The van der Waals surface area contributed by atoms with E-state index >= 15 is 0 Å². The number of aromatic nitrogens is 5. The number of primary sulfonamides is 1. The van der Waals surface area contributed by atoms with Crippen molar-refractivity contribution in [3.63, 3.8) is 0 Å². The molecule has 5 rings (SSSR count). The van der Waals surface area contributed by atoms with Gasteiger partial charge in [-0.1, -0.05) is 5.92 Å². The van der Waals surface area contributed by atoms with Crippen LogP contribution in [0.3, 0.4) is 0 Å². The molecule has 40 heavy (non-hydrogen) atoms. The molecule has 4 aromatic heterocycles. The van der Waals surface area contributed by atoms with E-state index in [0.717, 1.165) is 43.5 Å². The van der Waals surface area contributed by atoms with E-state index < -0.39 is 15.9 Å². The number of amides is 1. The number of ketones is 1. The van der Waals surface area contributed by atoms with Crippen molar-refractivity contribution in [2.75, 3.05) is 23.3 Å². The summed E-state index contributed by atoms with van der Waals surface area (Å²) in [6.07, 6.45) is 7.53. The van der Waals surface area contributed by atoms with Crippen molar-refractivity contribution >= 4 is 39.0 Å². The molecule has 0 saturated carbocycles. The summed E-state index contributed by atoms with van der Waals surface area (Å²) >= 11 is 0. The second-order valence-electron chi connectivity index (χ2n) is 9.45. The van der Waals surface area contributed by atoms with E-state index in [1.807, 2.05) is 6.92 Å². The molecule has 0 spiro atoms. The standard InChI is InChI=1S/C27H26N8O4S/c1-17-12-21(14-30-26(17)34-10-4-3-5-11-34)27(37)31-23-13-19(22(15-29-23)40(28,38)39)6-8-24-32-33-25-9-7-20(18(2)36)16-35(24)25/h7,9,12-16H,3-5,10-11H2,1-2H3,(H2,28,38,39)(H,29,31,37). The van der Waals surface area contributed by atoms with Crippen molar-refractivity contribution in [2.24, 2.45) is 5.14 Å². The Morgan fingerprint density at radius 1 is 1.00 bits per heavy atom. The Hall–Kier alpha value is -4.67. The number of nitrogens with zero attached hydrogens (tertiary/aromatic N) is 6. The topological polar surface area (TPSA) is 166 Å². The van der Waals surface area contributed by atoms with E-state index in [4.69, 9.17) is 5.14 Å². The first-order valence-electron chi connectivity index (χ1n) is 12.5. The van der Waals surface area contributed by atoms with Crippen molar-refractivity contribution < 1.29 is 18.0 Å². The van der Waals surface area contributed by atoms with Crippen molar-refractivity contribution in [3.8, 4) is 11.8 Å². The molecule has 1 aliphatic heterocycles. The fourth-order valence-electron chi connectivity index (χ4n) is 4.46. The highest BCUT2D eigenvalue weighted by atomic mass is 32.2. The number of carbonyl (C=O) groups is 2. The maximum Gasteiger partial charge on any atom is 0.258 e. The van der Waals surface area contributed by atoms with Gasteiger partial charge in [-0.3, -0.25) is 14.0 Å². The molecule has 1 fully saturated rings. The first kappa shape index (κ1) is 26.9. The molecule has 4 aromatic rings. The Kier molecular flexibility index (Phi) is 7.29. The molecule has 1 aliphatic rings. The Morgan fingerprint density at radius 3 is 2.48 bits per heavy atom. The van der Waals surface area contributed by atoms with Crippen LogP contribution in [0.5, 0.6) is 0 Å². The average molecular weight is 559 g/mol. The summed E-state index contributed by atoms with van der Waals surface area (Å²) in [7, 11) is -4.18. The van der Waals surface area contributed by atoms with Gasteiger partial charge in [-0.2, -0.15) is 0 Å². The van der Waals surface area contributed by atoms with Gasteiger partial charge in [-0.05, 0) is 68.9 Å². The van der Waals surface area contributed by atoms with Gasteiger partial charge in [-0.25, -0.2) is 23.5 Å².